The topological polar surface area (TPSA) is 29.9 Å². The van der Waals surface area contributed by atoms with Gasteiger partial charge in [-0.05, 0) is 43.7 Å². The van der Waals surface area contributed by atoms with E-state index in [0.29, 0.717) is 0 Å². The molecule has 0 aliphatic rings. The van der Waals surface area contributed by atoms with Crippen LogP contribution >= 0.6 is 15.9 Å². The highest BCUT2D eigenvalue weighted by Gasteiger charge is 2.04. The Labute approximate surface area is 116 Å². The molecular formula is C14H18BrN3. The van der Waals surface area contributed by atoms with Crippen LogP contribution < -0.4 is 5.32 Å². The number of hydrogen-bond donors (Lipinski definition) is 1. The van der Waals surface area contributed by atoms with Crippen LogP contribution in [0.1, 0.15) is 24.6 Å². The molecule has 0 amide bonds. The summed E-state index contributed by atoms with van der Waals surface area (Å²) in [5.74, 6) is 0. The van der Waals surface area contributed by atoms with Crippen LogP contribution in [0.5, 0.6) is 0 Å². The largest absolute Gasteiger partial charge is 0.311 e. The smallest absolute Gasteiger partial charge is 0.0766 e. The first kappa shape index (κ1) is 13.3. The van der Waals surface area contributed by atoms with Gasteiger partial charge in [-0.25, -0.2) is 4.68 Å². The number of nitrogens with zero attached hydrogens (tertiary/aromatic N) is 2. The lowest BCUT2D eigenvalue weighted by atomic mass is 10.2. The Morgan fingerprint density at radius 1 is 1.33 bits per heavy atom. The number of nitrogens with one attached hydrogen (secondary N) is 1. The first-order valence-corrected chi connectivity index (χ1v) is 7.02. The van der Waals surface area contributed by atoms with Gasteiger partial charge in [0.25, 0.3) is 0 Å². The summed E-state index contributed by atoms with van der Waals surface area (Å²) in [5.41, 5.74) is 3.41. The van der Waals surface area contributed by atoms with Gasteiger partial charge in [0.05, 0.1) is 11.4 Å². The monoisotopic (exact) mass is 307 g/mol. The number of benzene rings is 1. The van der Waals surface area contributed by atoms with Crippen LogP contribution in [0.4, 0.5) is 0 Å². The zero-order valence-electron chi connectivity index (χ0n) is 10.8. The van der Waals surface area contributed by atoms with E-state index in [0.717, 1.165) is 35.4 Å². The van der Waals surface area contributed by atoms with Gasteiger partial charge >= 0.3 is 0 Å². The van der Waals surface area contributed by atoms with Crippen molar-refractivity contribution in [3.8, 4) is 5.69 Å². The Morgan fingerprint density at radius 3 is 2.94 bits per heavy atom. The molecule has 1 heterocycles. The summed E-state index contributed by atoms with van der Waals surface area (Å²) in [6.45, 7) is 6.12. The third-order valence-corrected chi connectivity index (χ3v) is 3.29. The second-order valence-electron chi connectivity index (χ2n) is 4.36. The van der Waals surface area contributed by atoms with Gasteiger partial charge in [-0.2, -0.15) is 5.10 Å². The minimum absolute atomic E-state index is 0.827. The number of aromatic nitrogens is 2. The maximum Gasteiger partial charge on any atom is 0.0766 e. The Balaban J connectivity index is 2.16. The molecule has 18 heavy (non-hydrogen) atoms. The lowest BCUT2D eigenvalue weighted by Gasteiger charge is -2.06. The average Bonchev–Trinajstić information content (AvgIpc) is 2.81. The first-order chi connectivity index (χ1) is 8.70. The summed E-state index contributed by atoms with van der Waals surface area (Å²) in [7, 11) is 0. The van der Waals surface area contributed by atoms with Crippen LogP contribution in [0.15, 0.2) is 34.9 Å². The molecule has 2 rings (SSSR count). The van der Waals surface area contributed by atoms with Crippen molar-refractivity contribution in [2.24, 2.45) is 0 Å². The van der Waals surface area contributed by atoms with E-state index in [2.05, 4.69) is 58.4 Å². The van der Waals surface area contributed by atoms with Crippen molar-refractivity contribution in [2.75, 3.05) is 6.54 Å². The van der Waals surface area contributed by atoms with Crippen molar-refractivity contribution in [2.45, 2.75) is 26.8 Å². The molecule has 1 aromatic heterocycles. The highest BCUT2D eigenvalue weighted by molar-refractivity contribution is 9.10. The Kier molecular flexibility index (Phi) is 4.55. The summed E-state index contributed by atoms with van der Waals surface area (Å²) in [5, 5.41) is 7.94. The van der Waals surface area contributed by atoms with E-state index in [4.69, 9.17) is 0 Å². The molecule has 2 aromatic rings. The van der Waals surface area contributed by atoms with Gasteiger partial charge in [-0.15, -0.1) is 0 Å². The predicted molar refractivity (Wildman–Crippen MR) is 78.0 cm³/mol. The van der Waals surface area contributed by atoms with Gasteiger partial charge in [-0.3, -0.25) is 0 Å². The summed E-state index contributed by atoms with van der Waals surface area (Å²) in [6.07, 6.45) is 3.16. The molecule has 4 heteroatoms. The summed E-state index contributed by atoms with van der Waals surface area (Å²) in [4.78, 5) is 0. The fourth-order valence-corrected chi connectivity index (χ4v) is 2.16. The van der Waals surface area contributed by atoms with E-state index < -0.39 is 0 Å². The molecular weight excluding hydrogens is 290 g/mol. The van der Waals surface area contributed by atoms with Crippen molar-refractivity contribution in [1.29, 1.82) is 0 Å². The molecule has 0 saturated heterocycles. The molecule has 0 unspecified atom stereocenters. The lowest BCUT2D eigenvalue weighted by molar-refractivity contribution is 0.656. The summed E-state index contributed by atoms with van der Waals surface area (Å²) in [6, 6.07) is 8.29. The van der Waals surface area contributed by atoms with E-state index in [-0.39, 0.29) is 0 Å². The van der Waals surface area contributed by atoms with Gasteiger partial charge in [0.1, 0.15) is 0 Å². The lowest BCUT2D eigenvalue weighted by Crippen LogP contribution is -2.14. The fourth-order valence-electron chi connectivity index (χ4n) is 1.81. The number of hydrogen-bond acceptors (Lipinski definition) is 2. The van der Waals surface area contributed by atoms with Crippen LogP contribution in [0, 0.1) is 6.92 Å². The highest BCUT2D eigenvalue weighted by Crippen LogP contribution is 2.19. The van der Waals surface area contributed by atoms with Crippen molar-refractivity contribution < 1.29 is 0 Å². The predicted octanol–water partition coefficient (Wildman–Crippen LogP) is 3.44. The van der Waals surface area contributed by atoms with Crippen LogP contribution in [-0.4, -0.2) is 16.3 Å². The third-order valence-electron chi connectivity index (χ3n) is 2.80. The summed E-state index contributed by atoms with van der Waals surface area (Å²) < 4.78 is 3.01. The molecule has 1 N–H and O–H groups in total. The molecule has 0 aliphatic carbocycles. The first-order valence-electron chi connectivity index (χ1n) is 6.22. The zero-order valence-corrected chi connectivity index (χ0v) is 12.4. The molecule has 0 atom stereocenters. The molecule has 0 fully saturated rings. The van der Waals surface area contributed by atoms with Crippen molar-refractivity contribution in [1.82, 2.24) is 15.1 Å². The quantitative estimate of drug-likeness (QED) is 0.858. The fraction of sp³-hybridized carbons (Fsp3) is 0.357. The molecule has 0 spiro atoms. The van der Waals surface area contributed by atoms with E-state index in [9.17, 15) is 0 Å². The molecule has 0 aliphatic heterocycles. The third kappa shape index (κ3) is 3.21. The maximum absolute atomic E-state index is 4.59. The van der Waals surface area contributed by atoms with E-state index in [1.54, 1.807) is 0 Å². The van der Waals surface area contributed by atoms with Crippen LogP contribution in [0.3, 0.4) is 0 Å². The van der Waals surface area contributed by atoms with Crippen LogP contribution in [-0.2, 0) is 6.54 Å². The molecule has 96 valence electrons. The maximum atomic E-state index is 4.59. The Morgan fingerprint density at radius 2 is 2.17 bits per heavy atom. The second-order valence-corrected chi connectivity index (χ2v) is 5.27. The van der Waals surface area contributed by atoms with Gasteiger partial charge in [0, 0.05) is 17.2 Å². The number of aryl methyl sites for hydroxylation is 1. The minimum atomic E-state index is 0.827. The average molecular weight is 308 g/mol. The van der Waals surface area contributed by atoms with E-state index in [1.807, 2.05) is 16.9 Å². The van der Waals surface area contributed by atoms with Crippen LogP contribution in [0.2, 0.25) is 0 Å². The molecule has 0 bridgehead atoms. The Bertz CT molecular complexity index is 520. The van der Waals surface area contributed by atoms with E-state index in [1.165, 1.54) is 5.56 Å². The van der Waals surface area contributed by atoms with Gasteiger partial charge in [0.2, 0.25) is 0 Å². The highest BCUT2D eigenvalue weighted by atomic mass is 79.9. The molecule has 0 saturated carbocycles. The van der Waals surface area contributed by atoms with Crippen molar-refractivity contribution in [3.63, 3.8) is 0 Å². The van der Waals surface area contributed by atoms with Gasteiger partial charge in [-0.1, -0.05) is 28.9 Å². The second kappa shape index (κ2) is 6.16. The normalized spacial score (nSPS) is 10.8. The molecule has 1 aromatic carbocycles. The Hall–Kier alpha value is -1.13. The van der Waals surface area contributed by atoms with E-state index >= 15 is 0 Å². The van der Waals surface area contributed by atoms with Crippen molar-refractivity contribution in [3.05, 3.63) is 46.2 Å². The molecule has 0 radical (unpaired) electrons. The van der Waals surface area contributed by atoms with Crippen molar-refractivity contribution >= 4 is 15.9 Å². The van der Waals surface area contributed by atoms with Gasteiger partial charge in [0.15, 0.2) is 0 Å². The van der Waals surface area contributed by atoms with Crippen LogP contribution in [0.25, 0.3) is 5.69 Å². The minimum Gasteiger partial charge on any atom is -0.311 e. The number of halogens is 1. The zero-order chi connectivity index (χ0) is 13.0. The number of rotatable bonds is 5. The summed E-state index contributed by atoms with van der Waals surface area (Å²) >= 11 is 3.50. The molecule has 3 nitrogen and oxygen atoms in total. The SMILES string of the molecule is CCCNCc1ccn(-c2cc(Br)ccc2C)n1. The standard InChI is InChI=1S/C14H18BrN3/c1-3-7-16-10-13-6-8-18(17-13)14-9-12(15)5-4-11(14)2/h4-6,8-9,16H,3,7,10H2,1-2H3. The van der Waals surface area contributed by atoms with Gasteiger partial charge < -0.3 is 5.32 Å².